The second kappa shape index (κ2) is 5.76. The lowest BCUT2D eigenvalue weighted by Crippen LogP contribution is -2.19. The minimum Gasteiger partial charge on any atom is -0.477 e. The van der Waals surface area contributed by atoms with Crippen LogP contribution >= 0.6 is 23.2 Å². The number of Topliss-reactive ketones (excluding diaryl/α,β-unsaturated/α-hetero) is 1. The van der Waals surface area contributed by atoms with Crippen LogP contribution in [0.25, 0.3) is 0 Å². The van der Waals surface area contributed by atoms with Gasteiger partial charge >= 0.3 is 5.97 Å². The third-order valence-electron chi connectivity index (χ3n) is 2.65. The number of aliphatic carboxylic acids is 1. The Hall–Kier alpha value is -1.66. The van der Waals surface area contributed by atoms with Crippen molar-refractivity contribution >= 4 is 35.0 Å². The fraction of sp³-hybridized carbons (Fsp3) is 0.250. The van der Waals surface area contributed by atoms with Crippen LogP contribution in [0, 0.1) is 5.82 Å². The number of halogens is 3. The van der Waals surface area contributed by atoms with Gasteiger partial charge in [0.2, 0.25) is 5.78 Å². The summed E-state index contributed by atoms with van der Waals surface area (Å²) in [6.07, 6.45) is 2.93. The van der Waals surface area contributed by atoms with Crippen molar-refractivity contribution in [2.24, 2.45) is 0 Å². The van der Waals surface area contributed by atoms with Gasteiger partial charge in [0.05, 0.1) is 5.56 Å². The Morgan fingerprint density at radius 1 is 1.40 bits per heavy atom. The van der Waals surface area contributed by atoms with Crippen molar-refractivity contribution in [2.45, 2.75) is 18.9 Å². The molecule has 106 valence electrons. The number of carbonyl (C=O) groups is 2. The van der Waals surface area contributed by atoms with Gasteiger partial charge in [0.15, 0.2) is 11.0 Å². The first kappa shape index (κ1) is 14.7. The highest BCUT2D eigenvalue weighted by atomic mass is 35.5. The fourth-order valence-corrected chi connectivity index (χ4v) is 1.83. The van der Waals surface area contributed by atoms with Crippen molar-refractivity contribution in [3.8, 4) is 0 Å². The Bertz CT molecular complexity index is 615. The standard InChI is InChI=1S/C12H9Cl2FN2O3/c13-10-6(3-8(15)11(14)17-10)9(18)7(12(19)20)4-16-5-1-2-5/h3-5,16H,1-2H2,(H,19,20). The Balaban J connectivity index is 2.34. The summed E-state index contributed by atoms with van der Waals surface area (Å²) in [5, 5.41) is 11.0. The maximum Gasteiger partial charge on any atom is 0.341 e. The summed E-state index contributed by atoms with van der Waals surface area (Å²) >= 11 is 11.1. The number of aromatic nitrogens is 1. The number of nitrogens with zero attached hydrogens (tertiary/aromatic N) is 1. The number of carboxylic acids is 1. The summed E-state index contributed by atoms with van der Waals surface area (Å²) in [6.45, 7) is 0. The van der Waals surface area contributed by atoms with Crippen LogP contribution in [0.15, 0.2) is 17.8 Å². The zero-order chi connectivity index (χ0) is 14.9. The van der Waals surface area contributed by atoms with Gasteiger partial charge in [-0.2, -0.15) is 0 Å². The van der Waals surface area contributed by atoms with E-state index in [-0.39, 0.29) is 16.8 Å². The van der Waals surface area contributed by atoms with Crippen molar-refractivity contribution in [1.82, 2.24) is 10.3 Å². The summed E-state index contributed by atoms with van der Waals surface area (Å²) in [6, 6.07) is 0.946. The number of nitrogens with one attached hydrogen (secondary N) is 1. The lowest BCUT2D eigenvalue weighted by Gasteiger charge is -2.06. The highest BCUT2D eigenvalue weighted by Crippen LogP contribution is 2.23. The molecule has 0 bridgehead atoms. The number of hydrogen-bond donors (Lipinski definition) is 2. The molecule has 1 heterocycles. The Morgan fingerprint density at radius 3 is 2.60 bits per heavy atom. The molecule has 0 aromatic carbocycles. The third-order valence-corrected chi connectivity index (χ3v) is 3.20. The number of carbonyl (C=O) groups excluding carboxylic acids is 1. The van der Waals surface area contributed by atoms with Crippen LogP contribution in [0.1, 0.15) is 23.2 Å². The first-order chi connectivity index (χ1) is 9.40. The summed E-state index contributed by atoms with van der Waals surface area (Å²) < 4.78 is 13.3. The molecule has 0 spiro atoms. The molecule has 2 N–H and O–H groups in total. The van der Waals surface area contributed by atoms with Crippen molar-refractivity contribution in [3.05, 3.63) is 39.5 Å². The fourth-order valence-electron chi connectivity index (χ4n) is 1.43. The molecule has 0 unspecified atom stereocenters. The van der Waals surface area contributed by atoms with Crippen molar-refractivity contribution in [1.29, 1.82) is 0 Å². The van der Waals surface area contributed by atoms with Crippen LogP contribution in [-0.2, 0) is 4.79 Å². The average Bonchev–Trinajstić information content (AvgIpc) is 3.17. The van der Waals surface area contributed by atoms with Gasteiger partial charge in [-0.3, -0.25) is 4.79 Å². The molecule has 8 heteroatoms. The van der Waals surface area contributed by atoms with Gasteiger partial charge in [-0.15, -0.1) is 0 Å². The Morgan fingerprint density at radius 2 is 2.05 bits per heavy atom. The molecule has 0 atom stereocenters. The molecule has 0 radical (unpaired) electrons. The van der Waals surface area contributed by atoms with E-state index in [1.54, 1.807) is 0 Å². The van der Waals surface area contributed by atoms with E-state index < -0.39 is 28.3 Å². The quantitative estimate of drug-likeness (QED) is 0.286. The largest absolute Gasteiger partial charge is 0.477 e. The van der Waals surface area contributed by atoms with Gasteiger partial charge in [-0.1, -0.05) is 23.2 Å². The molecule has 1 aliphatic carbocycles. The van der Waals surface area contributed by atoms with E-state index in [0.717, 1.165) is 25.1 Å². The highest BCUT2D eigenvalue weighted by molar-refractivity contribution is 6.37. The van der Waals surface area contributed by atoms with E-state index in [1.165, 1.54) is 0 Å². The van der Waals surface area contributed by atoms with Crippen molar-refractivity contribution < 1.29 is 19.1 Å². The molecular formula is C12H9Cl2FN2O3. The Kier molecular flexibility index (Phi) is 4.25. The van der Waals surface area contributed by atoms with Gasteiger partial charge in [0.25, 0.3) is 0 Å². The second-order valence-electron chi connectivity index (χ2n) is 4.23. The second-order valence-corrected chi connectivity index (χ2v) is 4.95. The molecular weight excluding hydrogens is 310 g/mol. The Labute approximate surface area is 123 Å². The van der Waals surface area contributed by atoms with Crippen LogP contribution in [-0.4, -0.2) is 27.9 Å². The van der Waals surface area contributed by atoms with E-state index in [0.29, 0.717) is 0 Å². The third kappa shape index (κ3) is 3.26. The minimum absolute atomic E-state index is 0.174. The summed E-state index contributed by atoms with van der Waals surface area (Å²) in [5.41, 5.74) is -0.887. The molecule has 1 fully saturated rings. The zero-order valence-electron chi connectivity index (χ0n) is 9.99. The molecule has 5 nitrogen and oxygen atoms in total. The molecule has 1 aromatic rings. The lowest BCUT2D eigenvalue weighted by molar-refractivity contribution is -0.132. The van der Waals surface area contributed by atoms with Gasteiger partial charge in [0.1, 0.15) is 10.7 Å². The van der Waals surface area contributed by atoms with Crippen LogP contribution in [0.4, 0.5) is 4.39 Å². The topological polar surface area (TPSA) is 79.3 Å². The maximum atomic E-state index is 13.3. The molecule has 20 heavy (non-hydrogen) atoms. The number of ketones is 1. The highest BCUT2D eigenvalue weighted by Gasteiger charge is 2.26. The molecule has 0 amide bonds. The van der Waals surface area contributed by atoms with E-state index in [9.17, 15) is 14.0 Å². The first-order valence-electron chi connectivity index (χ1n) is 5.66. The van der Waals surface area contributed by atoms with Gasteiger partial charge < -0.3 is 10.4 Å². The number of pyridine rings is 1. The maximum absolute atomic E-state index is 13.3. The molecule has 1 aliphatic rings. The molecule has 0 aliphatic heterocycles. The van der Waals surface area contributed by atoms with Crippen molar-refractivity contribution in [2.75, 3.05) is 0 Å². The molecule has 0 saturated heterocycles. The average molecular weight is 319 g/mol. The monoisotopic (exact) mass is 318 g/mol. The van der Waals surface area contributed by atoms with Crippen LogP contribution in [0.5, 0.6) is 0 Å². The van der Waals surface area contributed by atoms with Crippen LogP contribution in [0.3, 0.4) is 0 Å². The minimum atomic E-state index is -1.44. The first-order valence-corrected chi connectivity index (χ1v) is 6.41. The molecule has 1 saturated carbocycles. The van der Waals surface area contributed by atoms with E-state index in [4.69, 9.17) is 28.3 Å². The van der Waals surface area contributed by atoms with Gasteiger partial charge in [0, 0.05) is 12.2 Å². The summed E-state index contributed by atoms with van der Waals surface area (Å²) in [7, 11) is 0. The molecule has 2 rings (SSSR count). The lowest BCUT2D eigenvalue weighted by atomic mass is 10.1. The summed E-state index contributed by atoms with van der Waals surface area (Å²) in [4.78, 5) is 26.6. The van der Waals surface area contributed by atoms with Gasteiger partial charge in [-0.25, -0.2) is 14.2 Å². The van der Waals surface area contributed by atoms with Gasteiger partial charge in [-0.05, 0) is 18.9 Å². The van der Waals surface area contributed by atoms with Crippen LogP contribution in [0.2, 0.25) is 10.3 Å². The number of hydrogen-bond acceptors (Lipinski definition) is 4. The van der Waals surface area contributed by atoms with E-state index in [2.05, 4.69) is 10.3 Å². The van der Waals surface area contributed by atoms with E-state index >= 15 is 0 Å². The zero-order valence-corrected chi connectivity index (χ0v) is 11.5. The predicted molar refractivity (Wildman–Crippen MR) is 70.4 cm³/mol. The summed E-state index contributed by atoms with van der Waals surface area (Å²) in [5.74, 6) is -3.31. The van der Waals surface area contributed by atoms with E-state index in [1.807, 2.05) is 0 Å². The number of carboxylic acid groups (broad SMARTS) is 1. The van der Waals surface area contributed by atoms with Crippen LogP contribution < -0.4 is 5.32 Å². The smallest absolute Gasteiger partial charge is 0.341 e. The molecule has 1 aromatic heterocycles. The van der Waals surface area contributed by atoms with Crippen molar-refractivity contribution in [3.63, 3.8) is 0 Å². The normalized spacial score (nSPS) is 15.1. The number of rotatable bonds is 5. The predicted octanol–water partition coefficient (Wildman–Crippen LogP) is 2.43. The SMILES string of the molecule is O=C(O)C(=CNC1CC1)C(=O)c1cc(F)c(Cl)nc1Cl.